The first-order valence-corrected chi connectivity index (χ1v) is 8.00. The summed E-state index contributed by atoms with van der Waals surface area (Å²) in [6, 6.07) is 0. The van der Waals surface area contributed by atoms with Crippen molar-refractivity contribution >= 4 is 6.79 Å². The zero-order chi connectivity index (χ0) is 18.7. The molecule has 1 nitrogen and oxygen atoms in total. The average Bonchev–Trinajstić information content (AvgIpc) is 1.92. The normalized spacial score (nSPS) is 11.9. The van der Waals surface area contributed by atoms with E-state index >= 15 is 0 Å². The molecule has 0 aliphatic heterocycles. The van der Waals surface area contributed by atoms with Crippen molar-refractivity contribution in [2.24, 2.45) is 21.7 Å². The lowest BCUT2D eigenvalue weighted by atomic mass is 9.78. The maximum absolute atomic E-state index is 8.00. The molecule has 0 unspecified atom stereocenters. The van der Waals surface area contributed by atoms with Crippen molar-refractivity contribution in [3.8, 4) is 0 Å². The minimum Gasteiger partial charge on any atom is -0.307 e. The molecule has 0 amide bonds. The molecule has 0 aliphatic carbocycles. The summed E-state index contributed by atoms with van der Waals surface area (Å²) in [5, 5.41) is 0. The highest BCUT2D eigenvalue weighted by Crippen LogP contribution is 2.31. The summed E-state index contributed by atoms with van der Waals surface area (Å²) in [4.78, 5) is 8.00. The molecule has 0 N–H and O–H groups in total. The van der Waals surface area contributed by atoms with Crippen LogP contribution in [0.3, 0.4) is 0 Å². The third-order valence-electron chi connectivity index (χ3n) is 1.06. The van der Waals surface area contributed by atoms with Gasteiger partial charge < -0.3 is 4.79 Å². The van der Waals surface area contributed by atoms with Crippen LogP contribution in [0.25, 0.3) is 0 Å². The topological polar surface area (TPSA) is 17.1 Å². The number of carbonyl (C=O) groups is 1. The molecule has 0 bridgehead atoms. The van der Waals surface area contributed by atoms with Crippen molar-refractivity contribution < 1.29 is 4.79 Å². The minimum atomic E-state index is 0.484. The Morgan fingerprint density at radius 3 is 0.571 bits per heavy atom. The maximum atomic E-state index is 8.00. The van der Waals surface area contributed by atoms with E-state index in [0.717, 1.165) is 0 Å². The molecule has 0 saturated carbocycles. The van der Waals surface area contributed by atoms with Gasteiger partial charge >= 0.3 is 0 Å². The molecule has 0 aromatic rings. The summed E-state index contributed by atoms with van der Waals surface area (Å²) >= 11 is 0. The largest absolute Gasteiger partial charge is 0.307 e. The Kier molecular flexibility index (Phi) is 15.4. The van der Waals surface area contributed by atoms with Gasteiger partial charge in [-0.1, -0.05) is 96.9 Å². The van der Waals surface area contributed by atoms with Crippen LogP contribution in [-0.4, -0.2) is 6.79 Å². The van der Waals surface area contributed by atoms with E-state index in [0.29, 0.717) is 21.7 Å². The van der Waals surface area contributed by atoms with Crippen LogP contribution < -0.4 is 0 Å². The first-order chi connectivity index (χ1) is 8.71. The molecule has 21 heavy (non-hydrogen) atoms. The van der Waals surface area contributed by atoms with Crippen LogP contribution in [0.15, 0.2) is 0 Å². The number of rotatable bonds is 0. The van der Waals surface area contributed by atoms with Crippen molar-refractivity contribution in [1.82, 2.24) is 0 Å². The summed E-state index contributed by atoms with van der Waals surface area (Å²) in [7, 11) is 0. The van der Waals surface area contributed by atoms with Crippen LogP contribution in [0.2, 0.25) is 0 Å². The van der Waals surface area contributed by atoms with Gasteiger partial charge in [-0.15, -0.1) is 0 Å². The summed E-state index contributed by atoms with van der Waals surface area (Å²) < 4.78 is 0. The van der Waals surface area contributed by atoms with Crippen LogP contribution in [0, 0.1) is 21.7 Å². The zero-order valence-corrected chi connectivity index (χ0v) is 17.8. The molecule has 0 radical (unpaired) electrons. The maximum Gasteiger partial charge on any atom is 0.106 e. The highest BCUT2D eigenvalue weighted by molar-refractivity contribution is 5.10. The van der Waals surface area contributed by atoms with Gasteiger partial charge in [0.05, 0.1) is 0 Å². The van der Waals surface area contributed by atoms with Gasteiger partial charge in [0.25, 0.3) is 0 Å². The zero-order valence-electron chi connectivity index (χ0n) is 17.8. The predicted octanol–water partition coefficient (Wildman–Crippen LogP) is 7.39. The Bertz CT molecular complexity index is 176. The molecular weight excluding hydrogens is 256 g/mol. The second kappa shape index (κ2) is 11.3. The van der Waals surface area contributed by atoms with Gasteiger partial charge in [0.2, 0.25) is 0 Å². The van der Waals surface area contributed by atoms with Crippen molar-refractivity contribution in [3.05, 3.63) is 0 Å². The van der Waals surface area contributed by atoms with E-state index < -0.39 is 0 Å². The molecule has 0 spiro atoms. The number of carbonyl (C=O) groups excluding carboxylic acids is 1. The lowest BCUT2D eigenvalue weighted by molar-refractivity contribution is -0.0979. The second-order valence-electron chi connectivity index (χ2n) is 11.3. The summed E-state index contributed by atoms with van der Waals surface area (Å²) in [6.45, 7) is 33.2. The third kappa shape index (κ3) is 191. The molecule has 0 aromatic heterocycles. The Balaban J connectivity index is -0.000000104. The molecule has 0 rings (SSSR count). The van der Waals surface area contributed by atoms with E-state index in [9.17, 15) is 0 Å². The van der Waals surface area contributed by atoms with E-state index in [1.54, 1.807) is 0 Å². The number of hydrogen-bond donors (Lipinski definition) is 0. The Morgan fingerprint density at radius 1 is 0.476 bits per heavy atom. The highest BCUT2D eigenvalue weighted by Gasteiger charge is 2.20. The molecule has 0 saturated heterocycles. The van der Waals surface area contributed by atoms with Gasteiger partial charge in [-0.25, -0.2) is 0 Å². The Morgan fingerprint density at radius 2 is 0.571 bits per heavy atom. The van der Waals surface area contributed by atoms with E-state index in [-0.39, 0.29) is 0 Å². The third-order valence-corrected chi connectivity index (χ3v) is 1.06. The molecule has 0 atom stereocenters. The molecular formula is C20H46O. The molecule has 0 heterocycles. The van der Waals surface area contributed by atoms with Gasteiger partial charge in [-0.3, -0.25) is 0 Å². The van der Waals surface area contributed by atoms with Gasteiger partial charge in [0, 0.05) is 0 Å². The van der Waals surface area contributed by atoms with E-state index in [1.807, 2.05) is 6.79 Å². The Labute approximate surface area is 137 Å². The molecule has 0 aromatic carbocycles. The molecule has 0 aliphatic rings. The first kappa shape index (κ1) is 28.8. The van der Waals surface area contributed by atoms with Crippen LogP contribution in [0.1, 0.15) is 103 Å². The van der Waals surface area contributed by atoms with E-state index in [1.165, 1.54) is 6.42 Å². The second-order valence-corrected chi connectivity index (χ2v) is 11.3. The smallest absolute Gasteiger partial charge is 0.106 e. The molecule has 1 heteroatoms. The van der Waals surface area contributed by atoms with Crippen molar-refractivity contribution in [2.75, 3.05) is 0 Å². The first-order valence-electron chi connectivity index (χ1n) is 8.00. The van der Waals surface area contributed by atoms with Crippen molar-refractivity contribution in [2.45, 2.75) is 103 Å². The fourth-order valence-electron chi connectivity index (χ4n) is 1.59. The van der Waals surface area contributed by atoms with Crippen molar-refractivity contribution in [3.63, 3.8) is 0 Å². The average molecular weight is 303 g/mol. The van der Waals surface area contributed by atoms with Crippen LogP contribution >= 0.6 is 0 Å². The van der Waals surface area contributed by atoms with Gasteiger partial charge in [-0.05, 0) is 28.1 Å². The van der Waals surface area contributed by atoms with Crippen LogP contribution in [0.5, 0.6) is 0 Å². The lowest BCUT2D eigenvalue weighted by Gasteiger charge is -2.28. The summed E-state index contributed by atoms with van der Waals surface area (Å²) in [5.74, 6) is 0. The van der Waals surface area contributed by atoms with Gasteiger partial charge in [0.15, 0.2) is 0 Å². The van der Waals surface area contributed by atoms with Gasteiger partial charge in [-0.2, -0.15) is 0 Å². The van der Waals surface area contributed by atoms with E-state index in [2.05, 4.69) is 96.9 Å². The van der Waals surface area contributed by atoms with Gasteiger partial charge in [0.1, 0.15) is 6.79 Å². The predicted molar refractivity (Wildman–Crippen MR) is 101 cm³/mol. The van der Waals surface area contributed by atoms with Crippen LogP contribution in [0.4, 0.5) is 0 Å². The number of hydrogen-bond acceptors (Lipinski definition) is 1. The fourth-order valence-corrected chi connectivity index (χ4v) is 1.59. The summed E-state index contributed by atoms with van der Waals surface area (Å²) in [6.07, 6.45) is 1.29. The summed E-state index contributed by atoms with van der Waals surface area (Å²) in [5.41, 5.74) is 1.97. The monoisotopic (exact) mass is 302 g/mol. The van der Waals surface area contributed by atoms with E-state index in [4.69, 9.17) is 4.79 Å². The fraction of sp³-hybridized carbons (Fsp3) is 0.950. The highest BCUT2D eigenvalue weighted by atomic mass is 16.1. The SMILES string of the molecule is C=O.CC(C)(C)C.CC(C)(C)C.CC(C)(C)CC(C)(C)C. The lowest BCUT2D eigenvalue weighted by Crippen LogP contribution is -2.16. The Hall–Kier alpha value is -0.330. The van der Waals surface area contributed by atoms with Crippen LogP contribution in [-0.2, 0) is 4.79 Å². The minimum absolute atomic E-state index is 0.484. The molecule has 132 valence electrons. The molecule has 0 fully saturated rings. The van der Waals surface area contributed by atoms with Crippen molar-refractivity contribution in [1.29, 1.82) is 0 Å². The quantitative estimate of drug-likeness (QED) is 0.456. The standard InChI is InChI=1S/C9H20.2C5H12.CH2O/c1-8(2,3)7-9(4,5)6;2*1-5(2,3)4;1-2/h7H2,1-6H3;2*1-4H3;1H2.